The van der Waals surface area contributed by atoms with Crippen molar-refractivity contribution in [3.8, 4) is 0 Å². The summed E-state index contributed by atoms with van der Waals surface area (Å²) < 4.78 is 20.9. The predicted octanol–water partition coefficient (Wildman–Crippen LogP) is 3.30. The highest BCUT2D eigenvalue weighted by atomic mass is 19.1. The maximum atomic E-state index is 13.0. The number of carbonyl (C=O) groups is 1. The zero-order valence-electron chi connectivity index (χ0n) is 13.7. The van der Waals surface area contributed by atoms with Gasteiger partial charge in [-0.1, -0.05) is 12.1 Å². The summed E-state index contributed by atoms with van der Waals surface area (Å²) in [5.41, 5.74) is 0.973. The van der Waals surface area contributed by atoms with Crippen molar-refractivity contribution in [1.82, 2.24) is 9.88 Å². The predicted molar refractivity (Wildman–Crippen MR) is 89.9 cm³/mol. The first-order valence-electron chi connectivity index (χ1n) is 8.47. The third kappa shape index (κ3) is 4.45. The maximum absolute atomic E-state index is 13.0. The summed E-state index contributed by atoms with van der Waals surface area (Å²) in [7, 11) is 0. The molecule has 1 N–H and O–H groups in total. The van der Waals surface area contributed by atoms with Gasteiger partial charge in [-0.15, -0.1) is 0 Å². The Bertz CT molecular complexity index is 640. The largest absolute Gasteiger partial charge is 0.373 e. The van der Waals surface area contributed by atoms with Crippen LogP contribution in [-0.4, -0.2) is 23.6 Å². The van der Waals surface area contributed by atoms with Crippen molar-refractivity contribution in [3.05, 3.63) is 60.2 Å². The van der Waals surface area contributed by atoms with Gasteiger partial charge in [-0.3, -0.25) is 4.79 Å². The fourth-order valence-corrected chi connectivity index (χ4v) is 3.14. The van der Waals surface area contributed by atoms with Crippen molar-refractivity contribution in [3.63, 3.8) is 0 Å². The van der Waals surface area contributed by atoms with E-state index in [1.54, 1.807) is 12.1 Å². The zero-order chi connectivity index (χ0) is 16.8. The first-order valence-corrected chi connectivity index (χ1v) is 8.47. The molecule has 24 heavy (non-hydrogen) atoms. The Hall–Kier alpha value is -2.14. The molecule has 0 bridgehead atoms. The van der Waals surface area contributed by atoms with Crippen LogP contribution in [0.2, 0.25) is 0 Å². The Balaban J connectivity index is 1.43. The van der Waals surface area contributed by atoms with E-state index in [0.29, 0.717) is 19.6 Å². The quantitative estimate of drug-likeness (QED) is 0.846. The van der Waals surface area contributed by atoms with Gasteiger partial charge in [0.05, 0.1) is 6.10 Å². The fraction of sp³-hybridized carbons (Fsp3) is 0.421. The Labute approximate surface area is 141 Å². The molecule has 5 heteroatoms. The van der Waals surface area contributed by atoms with Crippen molar-refractivity contribution in [1.29, 1.82) is 0 Å². The summed E-state index contributed by atoms with van der Waals surface area (Å²) >= 11 is 0. The van der Waals surface area contributed by atoms with Crippen LogP contribution in [0.4, 0.5) is 4.39 Å². The molecule has 1 aromatic heterocycles. The third-order valence-corrected chi connectivity index (χ3v) is 4.46. The lowest BCUT2D eigenvalue weighted by molar-refractivity contribution is -0.121. The van der Waals surface area contributed by atoms with Gasteiger partial charge in [-0.2, -0.15) is 0 Å². The summed E-state index contributed by atoms with van der Waals surface area (Å²) in [6, 6.07) is 10.4. The maximum Gasteiger partial charge on any atom is 0.220 e. The monoisotopic (exact) mass is 330 g/mol. The minimum Gasteiger partial charge on any atom is -0.373 e. The molecule has 4 nitrogen and oxygen atoms in total. The summed E-state index contributed by atoms with van der Waals surface area (Å²) in [4.78, 5) is 12.0. The summed E-state index contributed by atoms with van der Waals surface area (Å²) in [5, 5.41) is 3.01. The Kier molecular flexibility index (Phi) is 5.64. The van der Waals surface area contributed by atoms with E-state index in [-0.39, 0.29) is 23.7 Å². The summed E-state index contributed by atoms with van der Waals surface area (Å²) in [6.07, 6.45) is 6.19. The standard InChI is InChI=1S/C19H23FN2O2/c20-17-7-5-15(6-8-17)19-16(9-13-24-19)14-21-18(23)4-3-12-22-10-1-2-11-22/h1-2,5-8,10-11,16,19H,3-4,9,12-14H2,(H,21,23)/t16-,19-/m0/s1. The van der Waals surface area contributed by atoms with Gasteiger partial charge < -0.3 is 14.6 Å². The number of nitrogens with one attached hydrogen (secondary N) is 1. The van der Waals surface area contributed by atoms with E-state index in [1.165, 1.54) is 12.1 Å². The highest BCUT2D eigenvalue weighted by molar-refractivity contribution is 5.75. The minimum absolute atomic E-state index is 0.0641. The number of carbonyl (C=O) groups excluding carboxylic acids is 1. The number of aryl methyl sites for hydroxylation is 1. The molecule has 0 aliphatic carbocycles. The molecule has 1 fully saturated rings. The van der Waals surface area contributed by atoms with E-state index in [9.17, 15) is 9.18 Å². The van der Waals surface area contributed by atoms with Crippen molar-refractivity contribution in [2.45, 2.75) is 31.9 Å². The van der Waals surface area contributed by atoms with Crippen LogP contribution in [0, 0.1) is 11.7 Å². The van der Waals surface area contributed by atoms with Crippen LogP contribution >= 0.6 is 0 Å². The van der Waals surface area contributed by atoms with E-state index in [4.69, 9.17) is 4.74 Å². The normalized spacial score (nSPS) is 20.2. The highest BCUT2D eigenvalue weighted by Gasteiger charge is 2.29. The topological polar surface area (TPSA) is 43.3 Å². The van der Waals surface area contributed by atoms with Crippen LogP contribution in [0.25, 0.3) is 0 Å². The number of rotatable bonds is 7. The first kappa shape index (κ1) is 16.7. The molecular weight excluding hydrogens is 307 g/mol. The second kappa shape index (κ2) is 8.11. The van der Waals surface area contributed by atoms with E-state index >= 15 is 0 Å². The number of halogens is 1. The van der Waals surface area contributed by atoms with Gasteiger partial charge >= 0.3 is 0 Å². The summed E-state index contributed by atoms with van der Waals surface area (Å²) in [5.74, 6) is 0.0695. The van der Waals surface area contributed by atoms with Crippen molar-refractivity contribution in [2.75, 3.05) is 13.2 Å². The number of nitrogens with zero attached hydrogens (tertiary/aromatic N) is 1. The zero-order valence-corrected chi connectivity index (χ0v) is 13.7. The molecule has 1 aliphatic heterocycles. The lowest BCUT2D eigenvalue weighted by atomic mass is 9.95. The van der Waals surface area contributed by atoms with Gasteiger partial charge in [0.1, 0.15) is 5.82 Å². The molecule has 3 rings (SSSR count). The van der Waals surface area contributed by atoms with Crippen molar-refractivity contribution < 1.29 is 13.9 Å². The van der Waals surface area contributed by atoms with Gasteiger partial charge in [0, 0.05) is 44.4 Å². The molecule has 0 unspecified atom stereocenters. The summed E-state index contributed by atoms with van der Waals surface area (Å²) in [6.45, 7) is 2.13. The molecule has 1 saturated heterocycles. The van der Waals surface area contributed by atoms with E-state index in [2.05, 4.69) is 9.88 Å². The van der Waals surface area contributed by atoms with Gasteiger partial charge in [-0.05, 0) is 42.7 Å². The van der Waals surface area contributed by atoms with Gasteiger partial charge in [0.2, 0.25) is 5.91 Å². The van der Waals surface area contributed by atoms with Crippen molar-refractivity contribution in [2.24, 2.45) is 5.92 Å². The molecule has 1 aromatic carbocycles. The average molecular weight is 330 g/mol. The van der Waals surface area contributed by atoms with Crippen LogP contribution in [0.1, 0.15) is 30.9 Å². The highest BCUT2D eigenvalue weighted by Crippen LogP contribution is 2.34. The molecule has 2 aromatic rings. The smallest absolute Gasteiger partial charge is 0.220 e. The average Bonchev–Trinajstić information content (AvgIpc) is 3.25. The molecule has 2 heterocycles. The van der Waals surface area contributed by atoms with Gasteiger partial charge in [0.25, 0.3) is 0 Å². The molecule has 1 aliphatic rings. The molecular formula is C19H23FN2O2. The number of hydrogen-bond donors (Lipinski definition) is 1. The second-order valence-electron chi connectivity index (χ2n) is 6.22. The Morgan fingerprint density at radius 2 is 2.00 bits per heavy atom. The second-order valence-corrected chi connectivity index (χ2v) is 6.22. The van der Waals surface area contributed by atoms with E-state index in [1.807, 2.05) is 24.5 Å². The molecule has 128 valence electrons. The molecule has 0 saturated carbocycles. The van der Waals surface area contributed by atoms with Crippen LogP contribution < -0.4 is 5.32 Å². The molecule has 0 spiro atoms. The Morgan fingerprint density at radius 1 is 1.25 bits per heavy atom. The van der Waals surface area contributed by atoms with Crippen LogP contribution in [0.15, 0.2) is 48.8 Å². The molecule has 1 amide bonds. The molecule has 2 atom stereocenters. The van der Waals surface area contributed by atoms with Gasteiger partial charge in [-0.25, -0.2) is 4.39 Å². The number of ether oxygens (including phenoxy) is 1. The van der Waals surface area contributed by atoms with Crippen LogP contribution in [-0.2, 0) is 16.1 Å². The number of amides is 1. The SMILES string of the molecule is O=C(CCCn1cccc1)NC[C@@H]1CCO[C@H]1c1ccc(F)cc1. The minimum atomic E-state index is -0.246. The first-order chi connectivity index (χ1) is 11.7. The number of hydrogen-bond acceptors (Lipinski definition) is 2. The van der Waals surface area contributed by atoms with E-state index < -0.39 is 0 Å². The van der Waals surface area contributed by atoms with Crippen LogP contribution in [0.5, 0.6) is 0 Å². The third-order valence-electron chi connectivity index (χ3n) is 4.46. The lowest BCUT2D eigenvalue weighted by Crippen LogP contribution is -2.30. The number of aromatic nitrogens is 1. The fourth-order valence-electron chi connectivity index (χ4n) is 3.14. The van der Waals surface area contributed by atoms with Crippen molar-refractivity contribution >= 4 is 5.91 Å². The van der Waals surface area contributed by atoms with Crippen LogP contribution in [0.3, 0.4) is 0 Å². The van der Waals surface area contributed by atoms with Gasteiger partial charge in [0.15, 0.2) is 0 Å². The Morgan fingerprint density at radius 3 is 2.75 bits per heavy atom. The molecule has 0 radical (unpaired) electrons. The number of benzene rings is 1. The van der Waals surface area contributed by atoms with E-state index in [0.717, 1.165) is 24.9 Å². The lowest BCUT2D eigenvalue weighted by Gasteiger charge is -2.19.